The zero-order valence-corrected chi connectivity index (χ0v) is 11.6. The van der Waals surface area contributed by atoms with E-state index in [4.69, 9.17) is 0 Å². The van der Waals surface area contributed by atoms with Gasteiger partial charge in [0.15, 0.2) is 0 Å². The van der Waals surface area contributed by atoms with Crippen molar-refractivity contribution in [1.82, 2.24) is 10.6 Å². The van der Waals surface area contributed by atoms with Gasteiger partial charge in [-0.15, -0.1) is 12.4 Å². The predicted molar refractivity (Wildman–Crippen MR) is 75.9 cm³/mol. The van der Waals surface area contributed by atoms with E-state index in [1.165, 1.54) is 12.0 Å². The minimum absolute atomic E-state index is 0. The molecule has 0 spiro atoms. The number of hydrogen-bond acceptors (Lipinski definition) is 2. The van der Waals surface area contributed by atoms with Crippen molar-refractivity contribution >= 4 is 18.3 Å². The summed E-state index contributed by atoms with van der Waals surface area (Å²) in [4.78, 5) is 11.8. The molecule has 1 saturated carbocycles. The molecule has 1 aromatic carbocycles. The zero-order chi connectivity index (χ0) is 12.1. The maximum absolute atomic E-state index is 11.8. The Morgan fingerprint density at radius 2 is 1.94 bits per heavy atom. The lowest BCUT2D eigenvalue weighted by Gasteiger charge is -2.43. The minimum Gasteiger partial charge on any atom is -0.347 e. The van der Waals surface area contributed by atoms with Crippen LogP contribution in [0.3, 0.4) is 0 Å². The Morgan fingerprint density at radius 1 is 1.28 bits per heavy atom. The number of carbonyl (C=O) groups excluding carboxylic acids is 1. The Balaban J connectivity index is 0.00000162. The van der Waals surface area contributed by atoms with Gasteiger partial charge in [-0.3, -0.25) is 4.79 Å². The Labute approximate surface area is 115 Å². The van der Waals surface area contributed by atoms with E-state index in [2.05, 4.69) is 22.8 Å². The van der Waals surface area contributed by atoms with Crippen molar-refractivity contribution in [3.8, 4) is 0 Å². The molecule has 4 heteroatoms. The van der Waals surface area contributed by atoms with Gasteiger partial charge in [-0.05, 0) is 31.9 Å². The van der Waals surface area contributed by atoms with Crippen molar-refractivity contribution in [2.45, 2.75) is 31.2 Å². The quantitative estimate of drug-likeness (QED) is 0.860. The third kappa shape index (κ3) is 3.24. The number of halogens is 1. The molecule has 1 aromatic rings. The van der Waals surface area contributed by atoms with Gasteiger partial charge in [0.25, 0.3) is 0 Å². The van der Waals surface area contributed by atoms with Gasteiger partial charge in [-0.2, -0.15) is 0 Å². The molecule has 100 valence electrons. The van der Waals surface area contributed by atoms with Gasteiger partial charge in [0, 0.05) is 13.0 Å². The van der Waals surface area contributed by atoms with Crippen LogP contribution in [0.5, 0.6) is 0 Å². The summed E-state index contributed by atoms with van der Waals surface area (Å²) >= 11 is 0. The SMILES string of the molecule is CNCCC(=O)NC1(c2ccccc2)CCC1.Cl. The fourth-order valence-corrected chi connectivity index (χ4v) is 2.34. The maximum atomic E-state index is 11.8. The van der Waals surface area contributed by atoms with Crippen LogP contribution in [0.15, 0.2) is 30.3 Å². The highest BCUT2D eigenvalue weighted by atomic mass is 35.5. The highest BCUT2D eigenvalue weighted by Gasteiger charge is 2.39. The molecule has 0 atom stereocenters. The third-order valence-electron chi connectivity index (χ3n) is 3.51. The van der Waals surface area contributed by atoms with Crippen LogP contribution < -0.4 is 10.6 Å². The summed E-state index contributed by atoms with van der Waals surface area (Å²) in [6.07, 6.45) is 3.86. The normalized spacial score (nSPS) is 16.3. The van der Waals surface area contributed by atoms with Gasteiger partial charge < -0.3 is 10.6 Å². The summed E-state index contributed by atoms with van der Waals surface area (Å²) in [6.45, 7) is 0.733. The van der Waals surface area contributed by atoms with Gasteiger partial charge in [0.1, 0.15) is 0 Å². The largest absolute Gasteiger partial charge is 0.347 e. The average Bonchev–Trinajstić information content (AvgIpc) is 2.32. The van der Waals surface area contributed by atoms with Crippen LogP contribution in [0.4, 0.5) is 0 Å². The zero-order valence-electron chi connectivity index (χ0n) is 10.7. The second-order valence-electron chi connectivity index (χ2n) is 4.70. The monoisotopic (exact) mass is 268 g/mol. The summed E-state index contributed by atoms with van der Waals surface area (Å²) in [6, 6.07) is 10.3. The van der Waals surface area contributed by atoms with Crippen LogP contribution in [-0.4, -0.2) is 19.5 Å². The molecule has 0 heterocycles. The molecule has 0 aliphatic heterocycles. The van der Waals surface area contributed by atoms with E-state index in [1.807, 2.05) is 25.2 Å². The molecule has 0 bridgehead atoms. The van der Waals surface area contributed by atoms with Crippen molar-refractivity contribution in [3.05, 3.63) is 35.9 Å². The highest BCUT2D eigenvalue weighted by Crippen LogP contribution is 2.41. The van der Waals surface area contributed by atoms with Gasteiger partial charge in [0.05, 0.1) is 5.54 Å². The molecule has 0 unspecified atom stereocenters. The number of nitrogens with one attached hydrogen (secondary N) is 2. The van der Waals surface area contributed by atoms with Crippen molar-refractivity contribution in [2.24, 2.45) is 0 Å². The Kier molecular flexibility index (Phi) is 5.63. The summed E-state index contributed by atoms with van der Waals surface area (Å²) in [7, 11) is 1.86. The van der Waals surface area contributed by atoms with Crippen LogP contribution in [0.2, 0.25) is 0 Å². The van der Waals surface area contributed by atoms with Crippen molar-refractivity contribution in [3.63, 3.8) is 0 Å². The van der Waals surface area contributed by atoms with E-state index in [9.17, 15) is 4.79 Å². The van der Waals surface area contributed by atoms with Crippen LogP contribution >= 0.6 is 12.4 Å². The molecule has 2 rings (SSSR count). The fourth-order valence-electron chi connectivity index (χ4n) is 2.34. The topological polar surface area (TPSA) is 41.1 Å². The molecule has 3 nitrogen and oxygen atoms in total. The number of hydrogen-bond donors (Lipinski definition) is 2. The number of amides is 1. The Bertz CT molecular complexity index is 377. The molecule has 0 radical (unpaired) electrons. The number of carbonyl (C=O) groups is 1. The predicted octanol–water partition coefficient (Wildman–Crippen LogP) is 2.21. The molecule has 2 N–H and O–H groups in total. The van der Waals surface area contributed by atoms with Gasteiger partial charge in [-0.25, -0.2) is 0 Å². The lowest BCUT2D eigenvalue weighted by atomic mass is 9.71. The van der Waals surface area contributed by atoms with Gasteiger partial charge >= 0.3 is 0 Å². The maximum Gasteiger partial charge on any atom is 0.221 e. The first-order valence-electron chi connectivity index (χ1n) is 6.28. The van der Waals surface area contributed by atoms with E-state index in [0.717, 1.165) is 19.4 Å². The summed E-state index contributed by atoms with van der Waals surface area (Å²) in [5, 5.41) is 6.20. The standard InChI is InChI=1S/C14H20N2O.ClH/c1-15-11-8-13(17)16-14(9-5-10-14)12-6-3-2-4-7-12;/h2-4,6-7,15H,5,8-11H2,1H3,(H,16,17);1H. The first-order chi connectivity index (χ1) is 8.27. The Hall–Kier alpha value is -1.06. The van der Waals surface area contributed by atoms with E-state index in [-0.39, 0.29) is 23.9 Å². The van der Waals surface area contributed by atoms with Crippen molar-refractivity contribution in [1.29, 1.82) is 0 Å². The summed E-state index contributed by atoms with van der Waals surface area (Å²) < 4.78 is 0. The second-order valence-corrected chi connectivity index (χ2v) is 4.70. The molecule has 18 heavy (non-hydrogen) atoms. The lowest BCUT2D eigenvalue weighted by Crippen LogP contribution is -2.51. The minimum atomic E-state index is -0.0912. The van der Waals surface area contributed by atoms with Crippen LogP contribution in [0.1, 0.15) is 31.2 Å². The molecule has 1 amide bonds. The number of rotatable bonds is 5. The number of benzene rings is 1. The van der Waals surface area contributed by atoms with Gasteiger partial charge in [0.2, 0.25) is 5.91 Å². The Morgan fingerprint density at radius 3 is 2.44 bits per heavy atom. The molecule has 1 aliphatic carbocycles. The fraction of sp³-hybridized carbons (Fsp3) is 0.500. The smallest absolute Gasteiger partial charge is 0.221 e. The van der Waals surface area contributed by atoms with Crippen molar-refractivity contribution in [2.75, 3.05) is 13.6 Å². The molecular weight excluding hydrogens is 248 g/mol. The van der Waals surface area contributed by atoms with Crippen LogP contribution in [0, 0.1) is 0 Å². The van der Waals surface area contributed by atoms with E-state index in [1.54, 1.807) is 0 Å². The highest BCUT2D eigenvalue weighted by molar-refractivity contribution is 5.85. The van der Waals surface area contributed by atoms with Crippen LogP contribution in [-0.2, 0) is 10.3 Å². The van der Waals surface area contributed by atoms with Crippen molar-refractivity contribution < 1.29 is 4.79 Å². The summed E-state index contributed by atoms with van der Waals surface area (Å²) in [5.41, 5.74) is 1.15. The molecule has 1 aliphatic rings. The third-order valence-corrected chi connectivity index (χ3v) is 3.51. The average molecular weight is 269 g/mol. The van der Waals surface area contributed by atoms with E-state index >= 15 is 0 Å². The van der Waals surface area contributed by atoms with E-state index in [0.29, 0.717) is 6.42 Å². The molecule has 0 saturated heterocycles. The first-order valence-corrected chi connectivity index (χ1v) is 6.28. The molecule has 1 fully saturated rings. The molecule has 0 aromatic heterocycles. The van der Waals surface area contributed by atoms with E-state index < -0.39 is 0 Å². The first kappa shape index (κ1) is 15.0. The molecular formula is C14H21ClN2O. The van der Waals surface area contributed by atoms with Crippen LogP contribution in [0.25, 0.3) is 0 Å². The summed E-state index contributed by atoms with van der Waals surface area (Å²) in [5.74, 6) is 0.142. The lowest BCUT2D eigenvalue weighted by molar-refractivity contribution is -0.124. The second kappa shape index (κ2) is 6.76. The van der Waals surface area contributed by atoms with Gasteiger partial charge in [-0.1, -0.05) is 30.3 Å².